The van der Waals surface area contributed by atoms with Crippen LogP contribution in [0.3, 0.4) is 0 Å². The van der Waals surface area contributed by atoms with Gasteiger partial charge in [0.2, 0.25) is 0 Å². The summed E-state index contributed by atoms with van der Waals surface area (Å²) in [6, 6.07) is 9.94. The van der Waals surface area contributed by atoms with Crippen molar-refractivity contribution >= 4 is 49.8 Å². The number of allylic oxidation sites excluding steroid dienone is 2. The summed E-state index contributed by atoms with van der Waals surface area (Å²) in [5.41, 5.74) is 1.09. The minimum absolute atomic E-state index is 0.0980. The van der Waals surface area contributed by atoms with E-state index >= 15 is 0 Å². The van der Waals surface area contributed by atoms with E-state index in [-0.39, 0.29) is 17.3 Å². The topological polar surface area (TPSA) is 57.5 Å². The minimum atomic E-state index is -0.251. The summed E-state index contributed by atoms with van der Waals surface area (Å²) < 4.78 is 1.62. The Morgan fingerprint density at radius 2 is 1.23 bits per heavy atom. The average molecular weight is 424 g/mol. The molecule has 0 radical (unpaired) electrons. The number of aromatic hydroxyl groups is 2. The largest absolute Gasteiger partial charge is 0.507 e. The normalized spacial score (nSPS) is 11.4. The number of hydrogen-bond donors (Lipinski definition) is 2. The number of phenolic OH excluding ortho intramolecular Hbond substituents is 2. The molecule has 2 rings (SSSR count). The number of halogens is 2. The molecule has 0 aliphatic heterocycles. The minimum Gasteiger partial charge on any atom is -0.507 e. The van der Waals surface area contributed by atoms with Gasteiger partial charge in [-0.1, -0.05) is 31.9 Å². The van der Waals surface area contributed by atoms with Crippen LogP contribution in [0.25, 0.3) is 12.2 Å². The lowest BCUT2D eigenvalue weighted by molar-refractivity contribution is -0.110. The van der Waals surface area contributed by atoms with Crippen LogP contribution in [0, 0.1) is 0 Å². The number of hydrogen-bond acceptors (Lipinski definition) is 3. The smallest absolute Gasteiger partial charge is 0.178 e. The van der Waals surface area contributed by atoms with Gasteiger partial charge in [0.15, 0.2) is 5.78 Å². The molecular weight excluding hydrogens is 412 g/mol. The van der Waals surface area contributed by atoms with Gasteiger partial charge in [0.1, 0.15) is 11.5 Å². The molecule has 0 spiro atoms. The van der Waals surface area contributed by atoms with E-state index in [9.17, 15) is 15.0 Å². The Balaban J connectivity index is 2.12. The molecule has 0 saturated heterocycles. The second-order valence-corrected chi connectivity index (χ2v) is 6.31. The van der Waals surface area contributed by atoms with E-state index < -0.39 is 0 Å². The highest BCUT2D eigenvalue weighted by Gasteiger charge is 2.00. The van der Waals surface area contributed by atoms with Crippen molar-refractivity contribution in [3.8, 4) is 11.5 Å². The van der Waals surface area contributed by atoms with Crippen molar-refractivity contribution in [2.45, 2.75) is 0 Å². The lowest BCUT2D eigenvalue weighted by Gasteiger charge is -1.99. The molecule has 0 heterocycles. The monoisotopic (exact) mass is 422 g/mol. The van der Waals surface area contributed by atoms with Gasteiger partial charge in [-0.3, -0.25) is 4.79 Å². The average Bonchev–Trinajstić information content (AvgIpc) is 2.49. The lowest BCUT2D eigenvalue weighted by atomic mass is 10.1. The predicted molar refractivity (Wildman–Crippen MR) is 94.7 cm³/mol. The zero-order chi connectivity index (χ0) is 16.1. The molecule has 2 N–H and O–H groups in total. The molecule has 0 aliphatic rings. The summed E-state index contributed by atoms with van der Waals surface area (Å²) in [4.78, 5) is 11.8. The number of rotatable bonds is 4. The van der Waals surface area contributed by atoms with Gasteiger partial charge >= 0.3 is 0 Å². The van der Waals surface area contributed by atoms with E-state index in [4.69, 9.17) is 0 Å². The van der Waals surface area contributed by atoms with E-state index in [1.807, 2.05) is 0 Å². The first kappa shape index (κ1) is 16.5. The molecule has 112 valence electrons. The highest BCUT2D eigenvalue weighted by Crippen LogP contribution is 2.24. The first-order valence-corrected chi connectivity index (χ1v) is 7.91. The SMILES string of the molecule is O=C(C=Cc1cc(Br)ccc1O)/C=C/c1cc(Br)ccc1O. The standard InChI is InChI=1S/C17H12Br2O3/c18-13-3-7-16(21)11(9-13)1-5-15(20)6-2-12-10-14(19)4-8-17(12)22/h1-10,21-22H/b5-1+,6-2?. The maximum atomic E-state index is 11.8. The molecule has 0 unspecified atom stereocenters. The molecule has 0 amide bonds. The molecule has 0 aliphatic carbocycles. The third kappa shape index (κ3) is 4.58. The fourth-order valence-corrected chi connectivity index (χ4v) is 2.47. The van der Waals surface area contributed by atoms with Crippen LogP contribution in [-0.4, -0.2) is 16.0 Å². The summed E-state index contributed by atoms with van der Waals surface area (Å²) in [6.07, 6.45) is 5.78. The van der Waals surface area contributed by atoms with Crippen molar-refractivity contribution in [2.24, 2.45) is 0 Å². The molecule has 0 saturated carbocycles. The molecule has 0 bridgehead atoms. The van der Waals surface area contributed by atoms with Gasteiger partial charge in [0, 0.05) is 20.1 Å². The zero-order valence-electron chi connectivity index (χ0n) is 11.3. The molecule has 2 aromatic rings. The van der Waals surface area contributed by atoms with Gasteiger partial charge in [0.05, 0.1) is 0 Å². The van der Waals surface area contributed by atoms with E-state index in [1.165, 1.54) is 24.3 Å². The van der Waals surface area contributed by atoms with Crippen LogP contribution in [0.1, 0.15) is 11.1 Å². The Labute approximate surface area is 144 Å². The molecule has 22 heavy (non-hydrogen) atoms. The fourth-order valence-electron chi connectivity index (χ4n) is 1.72. The molecule has 3 nitrogen and oxygen atoms in total. The maximum Gasteiger partial charge on any atom is 0.178 e. The third-order valence-electron chi connectivity index (χ3n) is 2.83. The summed E-state index contributed by atoms with van der Waals surface area (Å²) in [7, 11) is 0. The van der Waals surface area contributed by atoms with Crippen molar-refractivity contribution in [3.05, 3.63) is 68.6 Å². The maximum absolute atomic E-state index is 11.8. The lowest BCUT2D eigenvalue weighted by Crippen LogP contribution is -1.86. The van der Waals surface area contributed by atoms with Crippen molar-refractivity contribution in [3.63, 3.8) is 0 Å². The second-order valence-electron chi connectivity index (χ2n) is 4.48. The quantitative estimate of drug-likeness (QED) is 0.686. The van der Waals surface area contributed by atoms with Crippen LogP contribution in [-0.2, 0) is 4.79 Å². The Bertz CT molecular complexity index is 701. The second kappa shape index (κ2) is 7.42. The molecule has 0 atom stereocenters. The highest BCUT2D eigenvalue weighted by atomic mass is 79.9. The zero-order valence-corrected chi connectivity index (χ0v) is 14.5. The predicted octanol–water partition coefficient (Wildman–Crippen LogP) is 4.92. The third-order valence-corrected chi connectivity index (χ3v) is 3.82. The van der Waals surface area contributed by atoms with Gasteiger partial charge in [0.25, 0.3) is 0 Å². The Morgan fingerprint density at radius 1 is 0.818 bits per heavy atom. The van der Waals surface area contributed by atoms with Crippen molar-refractivity contribution < 1.29 is 15.0 Å². The first-order chi connectivity index (χ1) is 10.5. The Hall–Kier alpha value is -1.85. The summed E-state index contributed by atoms with van der Waals surface area (Å²) in [6.45, 7) is 0. The van der Waals surface area contributed by atoms with Crippen LogP contribution in [0.2, 0.25) is 0 Å². The number of benzene rings is 2. The van der Waals surface area contributed by atoms with Gasteiger partial charge in [-0.25, -0.2) is 0 Å². The molecule has 5 heteroatoms. The van der Waals surface area contributed by atoms with Crippen LogP contribution in [0.15, 0.2) is 57.5 Å². The van der Waals surface area contributed by atoms with Crippen LogP contribution in [0.5, 0.6) is 11.5 Å². The van der Waals surface area contributed by atoms with E-state index in [1.54, 1.807) is 36.4 Å². The van der Waals surface area contributed by atoms with Gasteiger partial charge in [-0.2, -0.15) is 0 Å². The molecular formula is C17H12Br2O3. The molecule has 2 aromatic carbocycles. The summed E-state index contributed by atoms with van der Waals surface area (Å²) in [5.74, 6) is -0.0551. The van der Waals surface area contributed by atoms with Crippen LogP contribution < -0.4 is 0 Å². The number of carbonyl (C=O) groups is 1. The molecule has 0 fully saturated rings. The van der Waals surface area contributed by atoms with E-state index in [0.29, 0.717) is 11.1 Å². The van der Waals surface area contributed by atoms with Gasteiger partial charge < -0.3 is 10.2 Å². The van der Waals surface area contributed by atoms with Crippen molar-refractivity contribution in [1.29, 1.82) is 0 Å². The van der Waals surface area contributed by atoms with E-state index in [2.05, 4.69) is 31.9 Å². The van der Waals surface area contributed by atoms with Crippen LogP contribution >= 0.6 is 31.9 Å². The fraction of sp³-hybridized carbons (Fsp3) is 0. The van der Waals surface area contributed by atoms with Crippen LogP contribution in [0.4, 0.5) is 0 Å². The Kier molecular flexibility index (Phi) is 5.57. The highest BCUT2D eigenvalue weighted by molar-refractivity contribution is 9.10. The van der Waals surface area contributed by atoms with Crippen molar-refractivity contribution in [2.75, 3.05) is 0 Å². The van der Waals surface area contributed by atoms with Crippen molar-refractivity contribution in [1.82, 2.24) is 0 Å². The number of phenols is 2. The summed E-state index contributed by atoms with van der Waals surface area (Å²) in [5, 5.41) is 19.4. The number of carbonyl (C=O) groups excluding carboxylic acids is 1. The Morgan fingerprint density at radius 3 is 1.64 bits per heavy atom. The van der Waals surface area contributed by atoms with Gasteiger partial charge in [-0.05, 0) is 60.7 Å². The molecule has 0 aromatic heterocycles. The first-order valence-electron chi connectivity index (χ1n) is 6.33. The van der Waals surface area contributed by atoms with E-state index in [0.717, 1.165) is 8.95 Å². The van der Waals surface area contributed by atoms with Gasteiger partial charge in [-0.15, -0.1) is 0 Å². The number of ketones is 1. The summed E-state index contributed by atoms with van der Waals surface area (Å²) >= 11 is 6.61.